The number of anilines is 1. The fourth-order valence-electron chi connectivity index (χ4n) is 2.11. The number of fused-ring (bicyclic) bond motifs is 1. The first kappa shape index (κ1) is 17.6. The molecule has 0 saturated carbocycles. The van der Waals surface area contributed by atoms with Gasteiger partial charge in [0.15, 0.2) is 0 Å². The minimum Gasteiger partial charge on any atom is -0.466 e. The standard InChI is InChI=1S/C16H21ClN2O4/c1-10(2)22-8-4-7-18-14(20)16(3)15(21)19-12-9-11(17)5-6-13(12)23-16/h5-6,9-10H,4,7-8H2,1-3H3,(H,18,20)(H,19,21). The molecule has 1 unspecified atom stereocenters. The second-order valence-electron chi connectivity index (χ2n) is 5.76. The normalized spacial score (nSPS) is 19.8. The van der Waals surface area contributed by atoms with E-state index in [1.54, 1.807) is 18.2 Å². The third-order valence-corrected chi connectivity index (χ3v) is 3.66. The zero-order valence-electron chi connectivity index (χ0n) is 13.4. The van der Waals surface area contributed by atoms with Gasteiger partial charge in [-0.2, -0.15) is 0 Å². The number of ether oxygens (including phenoxy) is 2. The van der Waals surface area contributed by atoms with Crippen LogP contribution in [0.2, 0.25) is 5.02 Å². The van der Waals surface area contributed by atoms with Crippen molar-refractivity contribution in [3.05, 3.63) is 23.2 Å². The maximum Gasteiger partial charge on any atom is 0.278 e. The highest BCUT2D eigenvalue weighted by molar-refractivity contribution is 6.31. The van der Waals surface area contributed by atoms with Gasteiger partial charge in [0, 0.05) is 18.2 Å². The van der Waals surface area contributed by atoms with Crippen LogP contribution in [-0.4, -0.2) is 36.7 Å². The molecule has 6 nitrogen and oxygen atoms in total. The molecule has 0 radical (unpaired) electrons. The zero-order chi connectivity index (χ0) is 17.0. The Bertz CT molecular complexity index is 606. The average molecular weight is 341 g/mol. The number of nitrogens with one attached hydrogen (secondary N) is 2. The van der Waals surface area contributed by atoms with Crippen LogP contribution in [0.4, 0.5) is 5.69 Å². The van der Waals surface area contributed by atoms with Crippen molar-refractivity contribution in [3.63, 3.8) is 0 Å². The summed E-state index contributed by atoms with van der Waals surface area (Å²) in [5.41, 5.74) is -1.15. The Morgan fingerprint density at radius 2 is 2.22 bits per heavy atom. The molecular formula is C16H21ClN2O4. The number of amides is 2. The topological polar surface area (TPSA) is 76.7 Å². The first-order valence-electron chi connectivity index (χ1n) is 7.53. The van der Waals surface area contributed by atoms with Crippen molar-refractivity contribution in [2.75, 3.05) is 18.5 Å². The predicted molar refractivity (Wildman–Crippen MR) is 87.8 cm³/mol. The van der Waals surface area contributed by atoms with Gasteiger partial charge >= 0.3 is 0 Å². The van der Waals surface area contributed by atoms with Gasteiger partial charge in [-0.25, -0.2) is 0 Å². The number of benzene rings is 1. The molecule has 23 heavy (non-hydrogen) atoms. The van der Waals surface area contributed by atoms with Gasteiger partial charge < -0.3 is 20.1 Å². The molecule has 1 aliphatic rings. The molecule has 7 heteroatoms. The van der Waals surface area contributed by atoms with Crippen molar-refractivity contribution < 1.29 is 19.1 Å². The van der Waals surface area contributed by atoms with Crippen molar-refractivity contribution in [1.82, 2.24) is 5.32 Å². The SMILES string of the molecule is CC(C)OCCCNC(=O)C1(C)Oc2ccc(Cl)cc2NC1=O. The highest BCUT2D eigenvalue weighted by atomic mass is 35.5. The lowest BCUT2D eigenvalue weighted by atomic mass is 10.0. The quantitative estimate of drug-likeness (QED) is 0.615. The molecule has 1 aromatic carbocycles. The summed E-state index contributed by atoms with van der Waals surface area (Å²) in [4.78, 5) is 24.6. The van der Waals surface area contributed by atoms with E-state index < -0.39 is 17.4 Å². The Balaban J connectivity index is 1.96. The Morgan fingerprint density at radius 1 is 1.48 bits per heavy atom. The van der Waals surface area contributed by atoms with E-state index in [9.17, 15) is 9.59 Å². The fraction of sp³-hybridized carbons (Fsp3) is 0.500. The van der Waals surface area contributed by atoms with Gasteiger partial charge in [0.1, 0.15) is 5.75 Å². The summed E-state index contributed by atoms with van der Waals surface area (Å²) in [6.45, 7) is 6.29. The highest BCUT2D eigenvalue weighted by Gasteiger charge is 2.47. The third-order valence-electron chi connectivity index (χ3n) is 3.43. The number of halogens is 1. The summed E-state index contributed by atoms with van der Waals surface area (Å²) in [6.07, 6.45) is 0.812. The number of rotatable bonds is 6. The summed E-state index contributed by atoms with van der Waals surface area (Å²) >= 11 is 5.88. The van der Waals surface area contributed by atoms with Crippen LogP contribution in [-0.2, 0) is 14.3 Å². The number of carbonyl (C=O) groups is 2. The van der Waals surface area contributed by atoms with Crippen LogP contribution >= 0.6 is 11.6 Å². The van der Waals surface area contributed by atoms with Gasteiger partial charge in [-0.15, -0.1) is 0 Å². The molecule has 1 aromatic rings. The second-order valence-corrected chi connectivity index (χ2v) is 6.20. The van der Waals surface area contributed by atoms with Crippen LogP contribution in [0.15, 0.2) is 18.2 Å². The van der Waals surface area contributed by atoms with E-state index in [4.69, 9.17) is 21.1 Å². The Labute approximate surface area is 140 Å². The van der Waals surface area contributed by atoms with Crippen molar-refractivity contribution >= 4 is 29.1 Å². The van der Waals surface area contributed by atoms with E-state index in [1.165, 1.54) is 6.92 Å². The number of carbonyl (C=O) groups excluding carboxylic acids is 2. The molecular weight excluding hydrogens is 320 g/mol. The first-order chi connectivity index (χ1) is 10.8. The molecule has 0 fully saturated rings. The summed E-state index contributed by atoms with van der Waals surface area (Å²) in [7, 11) is 0. The summed E-state index contributed by atoms with van der Waals surface area (Å²) in [5.74, 6) is -0.599. The lowest BCUT2D eigenvalue weighted by Gasteiger charge is -2.33. The zero-order valence-corrected chi connectivity index (χ0v) is 14.2. The van der Waals surface area contributed by atoms with Gasteiger partial charge in [-0.1, -0.05) is 11.6 Å². The maximum atomic E-state index is 12.3. The van der Waals surface area contributed by atoms with Crippen LogP contribution in [0.3, 0.4) is 0 Å². The van der Waals surface area contributed by atoms with Gasteiger partial charge in [0.05, 0.1) is 11.8 Å². The van der Waals surface area contributed by atoms with E-state index in [0.29, 0.717) is 36.0 Å². The predicted octanol–water partition coefficient (Wildman–Crippen LogP) is 2.36. The summed E-state index contributed by atoms with van der Waals surface area (Å²) in [6, 6.07) is 4.84. The van der Waals surface area contributed by atoms with Crippen LogP contribution in [0.25, 0.3) is 0 Å². The fourth-order valence-corrected chi connectivity index (χ4v) is 2.28. The van der Waals surface area contributed by atoms with Gasteiger partial charge in [0.2, 0.25) is 0 Å². The first-order valence-corrected chi connectivity index (χ1v) is 7.90. The maximum absolute atomic E-state index is 12.3. The van der Waals surface area contributed by atoms with E-state index >= 15 is 0 Å². The minimum absolute atomic E-state index is 0.152. The molecule has 1 aliphatic heterocycles. The van der Waals surface area contributed by atoms with Gasteiger partial charge in [0.25, 0.3) is 17.4 Å². The van der Waals surface area contributed by atoms with Crippen molar-refractivity contribution in [2.45, 2.75) is 38.9 Å². The van der Waals surface area contributed by atoms with Crippen LogP contribution < -0.4 is 15.4 Å². The smallest absolute Gasteiger partial charge is 0.278 e. The van der Waals surface area contributed by atoms with Gasteiger partial charge in [-0.05, 0) is 45.4 Å². The largest absolute Gasteiger partial charge is 0.466 e. The number of hydrogen-bond donors (Lipinski definition) is 2. The van der Waals surface area contributed by atoms with Crippen molar-refractivity contribution in [1.29, 1.82) is 0 Å². The molecule has 126 valence electrons. The molecule has 0 bridgehead atoms. The molecule has 0 saturated heterocycles. The summed E-state index contributed by atoms with van der Waals surface area (Å²) < 4.78 is 11.0. The van der Waals surface area contributed by atoms with Crippen LogP contribution in [0.5, 0.6) is 5.75 Å². The van der Waals surface area contributed by atoms with Gasteiger partial charge in [-0.3, -0.25) is 9.59 Å². The lowest BCUT2D eigenvalue weighted by molar-refractivity contribution is -0.146. The van der Waals surface area contributed by atoms with E-state index in [-0.39, 0.29) is 6.10 Å². The van der Waals surface area contributed by atoms with E-state index in [1.807, 2.05) is 13.8 Å². The monoisotopic (exact) mass is 340 g/mol. The molecule has 0 aromatic heterocycles. The van der Waals surface area contributed by atoms with Crippen LogP contribution in [0.1, 0.15) is 27.2 Å². The molecule has 1 heterocycles. The van der Waals surface area contributed by atoms with E-state index in [0.717, 1.165) is 0 Å². The second kappa shape index (κ2) is 7.19. The third kappa shape index (κ3) is 4.14. The van der Waals surface area contributed by atoms with Crippen molar-refractivity contribution in [3.8, 4) is 5.75 Å². The molecule has 2 amide bonds. The Kier molecular flexibility index (Phi) is 5.49. The Morgan fingerprint density at radius 3 is 2.91 bits per heavy atom. The lowest BCUT2D eigenvalue weighted by Crippen LogP contribution is -2.58. The number of hydrogen-bond acceptors (Lipinski definition) is 4. The summed E-state index contributed by atoms with van der Waals surface area (Å²) in [5, 5.41) is 5.84. The molecule has 1 atom stereocenters. The molecule has 2 N–H and O–H groups in total. The minimum atomic E-state index is -1.61. The Hall–Kier alpha value is -1.79. The van der Waals surface area contributed by atoms with Crippen molar-refractivity contribution in [2.24, 2.45) is 0 Å². The molecule has 2 rings (SSSR count). The average Bonchev–Trinajstić information content (AvgIpc) is 2.48. The highest BCUT2D eigenvalue weighted by Crippen LogP contribution is 2.35. The van der Waals surface area contributed by atoms with E-state index in [2.05, 4.69) is 10.6 Å². The van der Waals surface area contributed by atoms with Crippen LogP contribution in [0, 0.1) is 0 Å². The molecule has 0 spiro atoms. The molecule has 0 aliphatic carbocycles.